The van der Waals surface area contributed by atoms with Crippen molar-refractivity contribution in [2.75, 3.05) is 20.0 Å². The number of nitrogens with one attached hydrogen (secondary N) is 1. The molecule has 0 aliphatic rings. The Morgan fingerprint density at radius 2 is 1.85 bits per heavy atom. The van der Waals surface area contributed by atoms with E-state index in [0.29, 0.717) is 23.0 Å². The molecule has 1 aromatic carbocycles. The molecule has 6 nitrogen and oxygen atoms in total. The first kappa shape index (κ1) is 12.3. The predicted molar refractivity (Wildman–Crippen MR) is 76.8 cm³/mol. The predicted octanol–water partition coefficient (Wildman–Crippen LogP) is 2.22. The molecule has 20 heavy (non-hydrogen) atoms. The van der Waals surface area contributed by atoms with Crippen LogP contribution in [0.5, 0.6) is 11.5 Å². The Balaban J connectivity index is 2.10. The number of nitrogen functional groups attached to an aromatic ring is 1. The number of methoxy groups -OCH3 is 2. The van der Waals surface area contributed by atoms with Gasteiger partial charge >= 0.3 is 0 Å². The van der Waals surface area contributed by atoms with Crippen molar-refractivity contribution in [1.29, 1.82) is 0 Å². The standard InChI is InChI=1S/C14H14N4O2/c1-19-11-6-3-8(7-12(11)20-2)10-5-4-9-13(15)17-18-14(9)16-10/h3-7H,1-2H3,(H3,15,16,17,18). The average molecular weight is 270 g/mol. The Bertz CT molecular complexity index is 767. The second-order valence-electron chi connectivity index (χ2n) is 4.27. The number of pyridine rings is 1. The molecule has 0 fully saturated rings. The van der Waals surface area contributed by atoms with Crippen LogP contribution in [0.1, 0.15) is 0 Å². The summed E-state index contributed by atoms with van der Waals surface area (Å²) >= 11 is 0. The van der Waals surface area contributed by atoms with Gasteiger partial charge in [0.05, 0.1) is 25.3 Å². The van der Waals surface area contributed by atoms with Gasteiger partial charge in [-0.2, -0.15) is 5.10 Å². The fourth-order valence-electron chi connectivity index (χ4n) is 2.07. The van der Waals surface area contributed by atoms with E-state index in [9.17, 15) is 0 Å². The van der Waals surface area contributed by atoms with Crippen LogP contribution in [0.15, 0.2) is 30.3 Å². The lowest BCUT2D eigenvalue weighted by atomic mass is 10.1. The van der Waals surface area contributed by atoms with Gasteiger partial charge in [-0.1, -0.05) is 0 Å². The largest absolute Gasteiger partial charge is 0.493 e. The maximum absolute atomic E-state index is 5.75. The van der Waals surface area contributed by atoms with Gasteiger partial charge in [0.2, 0.25) is 0 Å². The summed E-state index contributed by atoms with van der Waals surface area (Å²) < 4.78 is 10.5. The third-order valence-electron chi connectivity index (χ3n) is 3.13. The van der Waals surface area contributed by atoms with E-state index < -0.39 is 0 Å². The molecule has 0 amide bonds. The van der Waals surface area contributed by atoms with Crippen LogP contribution < -0.4 is 15.2 Å². The molecule has 6 heteroatoms. The molecule has 3 aromatic rings. The van der Waals surface area contributed by atoms with Crippen molar-refractivity contribution >= 4 is 16.9 Å². The smallest absolute Gasteiger partial charge is 0.183 e. The zero-order valence-corrected chi connectivity index (χ0v) is 11.2. The first-order chi connectivity index (χ1) is 9.72. The number of nitrogens with zero attached hydrogens (tertiary/aromatic N) is 2. The van der Waals surface area contributed by atoms with Crippen LogP contribution in [0.3, 0.4) is 0 Å². The van der Waals surface area contributed by atoms with E-state index in [1.165, 1.54) is 0 Å². The molecule has 0 atom stereocenters. The molecule has 0 aliphatic heterocycles. The van der Waals surface area contributed by atoms with E-state index in [-0.39, 0.29) is 0 Å². The van der Waals surface area contributed by atoms with Crippen LogP contribution in [-0.2, 0) is 0 Å². The van der Waals surface area contributed by atoms with Gasteiger partial charge in [0.15, 0.2) is 17.1 Å². The summed E-state index contributed by atoms with van der Waals surface area (Å²) in [7, 11) is 3.21. The van der Waals surface area contributed by atoms with Crippen molar-refractivity contribution in [3.8, 4) is 22.8 Å². The second kappa shape index (κ2) is 4.73. The van der Waals surface area contributed by atoms with Gasteiger partial charge in [0.25, 0.3) is 0 Å². The van der Waals surface area contributed by atoms with E-state index in [1.807, 2.05) is 30.3 Å². The van der Waals surface area contributed by atoms with E-state index in [1.54, 1.807) is 14.2 Å². The number of anilines is 1. The number of aromatic nitrogens is 3. The van der Waals surface area contributed by atoms with Crippen LogP contribution in [0, 0.1) is 0 Å². The van der Waals surface area contributed by atoms with Crippen LogP contribution in [0.2, 0.25) is 0 Å². The van der Waals surface area contributed by atoms with Gasteiger partial charge in [0.1, 0.15) is 5.82 Å². The van der Waals surface area contributed by atoms with Crippen molar-refractivity contribution in [3.05, 3.63) is 30.3 Å². The molecular formula is C14H14N4O2. The first-order valence-corrected chi connectivity index (χ1v) is 6.06. The summed E-state index contributed by atoms with van der Waals surface area (Å²) in [6, 6.07) is 9.44. The molecule has 0 saturated carbocycles. The van der Waals surface area contributed by atoms with E-state index in [4.69, 9.17) is 15.2 Å². The van der Waals surface area contributed by atoms with Crippen molar-refractivity contribution in [3.63, 3.8) is 0 Å². The minimum Gasteiger partial charge on any atom is -0.493 e. The number of aromatic amines is 1. The second-order valence-corrected chi connectivity index (χ2v) is 4.27. The molecule has 0 saturated heterocycles. The first-order valence-electron chi connectivity index (χ1n) is 6.06. The van der Waals surface area contributed by atoms with Crippen molar-refractivity contribution in [2.24, 2.45) is 0 Å². The fraction of sp³-hybridized carbons (Fsp3) is 0.143. The summed E-state index contributed by atoms with van der Waals surface area (Å²) in [5.74, 6) is 1.86. The van der Waals surface area contributed by atoms with Crippen LogP contribution in [0.4, 0.5) is 5.82 Å². The Morgan fingerprint density at radius 1 is 1.05 bits per heavy atom. The number of fused-ring (bicyclic) bond motifs is 1. The van der Waals surface area contributed by atoms with Gasteiger partial charge in [-0.05, 0) is 30.3 Å². The lowest BCUT2D eigenvalue weighted by Gasteiger charge is -2.09. The molecular weight excluding hydrogens is 256 g/mol. The van der Waals surface area contributed by atoms with Crippen molar-refractivity contribution in [1.82, 2.24) is 15.2 Å². The maximum Gasteiger partial charge on any atom is 0.183 e. The highest BCUT2D eigenvalue weighted by atomic mass is 16.5. The molecule has 2 aromatic heterocycles. The van der Waals surface area contributed by atoms with E-state index in [0.717, 1.165) is 16.6 Å². The van der Waals surface area contributed by atoms with Crippen molar-refractivity contribution in [2.45, 2.75) is 0 Å². The zero-order valence-electron chi connectivity index (χ0n) is 11.2. The Hall–Kier alpha value is -2.76. The number of benzene rings is 1. The Kier molecular flexibility index (Phi) is 2.90. The number of hydrogen-bond acceptors (Lipinski definition) is 5. The zero-order chi connectivity index (χ0) is 14.1. The summed E-state index contributed by atoms with van der Waals surface area (Å²) in [6.07, 6.45) is 0. The summed E-state index contributed by atoms with van der Waals surface area (Å²) in [5, 5.41) is 7.59. The number of hydrogen-bond donors (Lipinski definition) is 2. The minimum absolute atomic E-state index is 0.520. The lowest BCUT2D eigenvalue weighted by Crippen LogP contribution is -1.92. The van der Waals surface area contributed by atoms with Crippen LogP contribution in [0.25, 0.3) is 22.3 Å². The molecule has 2 heterocycles. The monoisotopic (exact) mass is 270 g/mol. The van der Waals surface area contributed by atoms with Gasteiger partial charge < -0.3 is 15.2 Å². The normalized spacial score (nSPS) is 10.7. The molecule has 0 bridgehead atoms. The summed E-state index contributed by atoms with van der Waals surface area (Å²) in [6.45, 7) is 0. The highest BCUT2D eigenvalue weighted by Crippen LogP contribution is 2.32. The van der Waals surface area contributed by atoms with Crippen LogP contribution >= 0.6 is 0 Å². The average Bonchev–Trinajstić information content (AvgIpc) is 2.87. The fourth-order valence-corrected chi connectivity index (χ4v) is 2.07. The van der Waals surface area contributed by atoms with Gasteiger partial charge in [-0.3, -0.25) is 5.10 Å². The highest BCUT2D eigenvalue weighted by Gasteiger charge is 2.09. The van der Waals surface area contributed by atoms with E-state index >= 15 is 0 Å². The van der Waals surface area contributed by atoms with Gasteiger partial charge in [0, 0.05) is 5.56 Å². The topological polar surface area (TPSA) is 86.0 Å². The molecule has 0 aliphatic carbocycles. The van der Waals surface area contributed by atoms with Crippen LogP contribution in [-0.4, -0.2) is 29.4 Å². The third kappa shape index (κ3) is 1.91. The Morgan fingerprint density at radius 3 is 2.60 bits per heavy atom. The minimum atomic E-state index is 0.520. The SMILES string of the molecule is COc1ccc(-c2ccc3c(N)[nH]nc3n2)cc1OC. The number of rotatable bonds is 3. The summed E-state index contributed by atoms with van der Waals surface area (Å²) in [4.78, 5) is 4.48. The number of H-pyrrole nitrogens is 1. The van der Waals surface area contributed by atoms with Gasteiger partial charge in [-0.25, -0.2) is 4.98 Å². The lowest BCUT2D eigenvalue weighted by molar-refractivity contribution is 0.355. The highest BCUT2D eigenvalue weighted by molar-refractivity contribution is 5.87. The number of nitrogens with two attached hydrogens (primary N) is 1. The number of ether oxygens (including phenoxy) is 2. The molecule has 3 N–H and O–H groups in total. The molecule has 0 radical (unpaired) electrons. The van der Waals surface area contributed by atoms with Gasteiger partial charge in [-0.15, -0.1) is 0 Å². The summed E-state index contributed by atoms with van der Waals surface area (Å²) in [5.41, 5.74) is 8.06. The molecule has 0 spiro atoms. The molecule has 3 rings (SSSR count). The Labute approximate surface area is 115 Å². The third-order valence-corrected chi connectivity index (χ3v) is 3.13. The molecule has 0 unspecified atom stereocenters. The van der Waals surface area contributed by atoms with E-state index in [2.05, 4.69) is 15.2 Å². The quantitative estimate of drug-likeness (QED) is 0.762. The van der Waals surface area contributed by atoms with Crippen molar-refractivity contribution < 1.29 is 9.47 Å². The maximum atomic E-state index is 5.75. The molecule has 102 valence electrons.